The summed E-state index contributed by atoms with van der Waals surface area (Å²) in [6, 6.07) is -0.447. The first-order valence-corrected chi connectivity index (χ1v) is 8.35. The van der Waals surface area contributed by atoms with Crippen molar-refractivity contribution in [2.45, 2.75) is 24.7 Å². The van der Waals surface area contributed by atoms with E-state index in [0.717, 1.165) is 0 Å². The van der Waals surface area contributed by atoms with Crippen LogP contribution in [0.15, 0.2) is 11.3 Å². The van der Waals surface area contributed by atoms with Crippen LogP contribution in [-0.2, 0) is 23.9 Å². The lowest BCUT2D eigenvalue weighted by atomic mass is 9.79. The molecule has 0 aliphatic carbocycles. The molecular formula is C15H17F3N4O8. The standard InChI is InChI=1S/C13H16N4O6.C2HF3O2/c14-7(18)3-16-13(22)23-4-6-1-5-2-15-8-9(5)17(11(8)19)10(6)12(20)21;3-2(4,5)1(6)7/h5,8-9,15H,1-4H2,(H2,14,18)(H,16,22)(H,20,21);(H,6,7)/t5-,8+,9-;/m1./s1. The van der Waals surface area contributed by atoms with Gasteiger partial charge in [-0.15, -0.1) is 0 Å². The number of carboxylic acid groups (broad SMARTS) is 2. The molecule has 3 amide bonds. The van der Waals surface area contributed by atoms with Crippen LogP contribution in [-0.4, -0.2) is 82.9 Å². The average Bonchev–Trinajstić information content (AvgIpc) is 3.03. The fourth-order valence-corrected chi connectivity index (χ4v) is 3.38. The van der Waals surface area contributed by atoms with E-state index >= 15 is 0 Å². The zero-order valence-corrected chi connectivity index (χ0v) is 15.1. The minimum atomic E-state index is -5.08. The SMILES string of the molecule is NC(=O)CNC(=O)OCC1=C(C(=O)O)N2C(=O)[C@H]3NC[C@@H](C1)[C@H]32.O=C(O)C(F)(F)F. The average molecular weight is 438 g/mol. The Morgan fingerprint density at radius 3 is 2.37 bits per heavy atom. The predicted octanol–water partition coefficient (Wildman–Crippen LogP) is -1.63. The van der Waals surface area contributed by atoms with E-state index in [1.165, 1.54) is 4.90 Å². The van der Waals surface area contributed by atoms with Crippen molar-refractivity contribution in [3.8, 4) is 0 Å². The Kier molecular flexibility index (Phi) is 6.54. The summed E-state index contributed by atoms with van der Waals surface area (Å²) in [5.41, 5.74) is 5.16. The number of halogens is 3. The number of alkyl halides is 3. The van der Waals surface area contributed by atoms with Crippen LogP contribution in [0, 0.1) is 5.92 Å². The Balaban J connectivity index is 0.000000396. The van der Waals surface area contributed by atoms with Crippen molar-refractivity contribution in [3.05, 3.63) is 11.3 Å². The summed E-state index contributed by atoms with van der Waals surface area (Å²) in [5.74, 6) is -4.87. The Morgan fingerprint density at radius 2 is 1.87 bits per heavy atom. The van der Waals surface area contributed by atoms with Gasteiger partial charge in [0.15, 0.2) is 0 Å². The van der Waals surface area contributed by atoms with Gasteiger partial charge < -0.3 is 31.3 Å². The minimum Gasteiger partial charge on any atom is -0.477 e. The summed E-state index contributed by atoms with van der Waals surface area (Å²) in [5, 5.41) is 21.7. The first-order valence-electron chi connectivity index (χ1n) is 8.35. The molecule has 15 heteroatoms. The van der Waals surface area contributed by atoms with Crippen LogP contribution < -0.4 is 16.4 Å². The molecule has 0 saturated carbocycles. The topological polar surface area (TPSA) is 188 Å². The number of β-lactam (4-membered cyclic amide) rings is 1. The van der Waals surface area contributed by atoms with E-state index in [1.807, 2.05) is 0 Å². The molecule has 0 aromatic rings. The van der Waals surface area contributed by atoms with E-state index in [0.29, 0.717) is 18.5 Å². The van der Waals surface area contributed by atoms with Gasteiger partial charge in [0.05, 0.1) is 12.6 Å². The molecule has 3 aliphatic rings. The smallest absolute Gasteiger partial charge is 0.477 e. The highest BCUT2D eigenvalue weighted by atomic mass is 19.4. The molecule has 2 saturated heterocycles. The molecule has 0 bridgehead atoms. The zero-order chi connectivity index (χ0) is 22.8. The van der Waals surface area contributed by atoms with E-state index < -0.39 is 30.1 Å². The highest BCUT2D eigenvalue weighted by Crippen LogP contribution is 2.43. The number of primary amides is 1. The summed E-state index contributed by atoms with van der Waals surface area (Å²) in [7, 11) is 0. The largest absolute Gasteiger partial charge is 0.490 e. The summed E-state index contributed by atoms with van der Waals surface area (Å²) in [6.45, 7) is -0.0175. The maximum Gasteiger partial charge on any atom is 0.490 e. The van der Waals surface area contributed by atoms with Crippen LogP contribution in [0.3, 0.4) is 0 Å². The number of hydrogen-bond donors (Lipinski definition) is 5. The number of nitrogens with zero attached hydrogens (tertiary/aromatic N) is 1. The molecule has 0 aromatic heterocycles. The first kappa shape index (κ1) is 22.9. The van der Waals surface area contributed by atoms with Crippen LogP contribution >= 0.6 is 0 Å². The lowest BCUT2D eigenvalue weighted by Crippen LogP contribution is -2.68. The predicted molar refractivity (Wildman–Crippen MR) is 87.4 cm³/mol. The molecule has 2 fully saturated rings. The Labute approximate surface area is 165 Å². The third-order valence-corrected chi connectivity index (χ3v) is 4.54. The Bertz CT molecular complexity index is 812. The number of rotatable bonds is 5. The number of aliphatic carboxylic acids is 2. The second-order valence-electron chi connectivity index (χ2n) is 6.51. The lowest BCUT2D eigenvalue weighted by molar-refractivity contribution is -0.192. The summed E-state index contributed by atoms with van der Waals surface area (Å²) in [6.07, 6.45) is -5.52. The first-order chi connectivity index (χ1) is 13.8. The number of nitrogens with one attached hydrogen (secondary N) is 2. The van der Waals surface area contributed by atoms with Gasteiger partial charge in [0, 0.05) is 6.54 Å². The molecule has 0 spiro atoms. The van der Waals surface area contributed by atoms with Crippen molar-refractivity contribution in [1.29, 1.82) is 0 Å². The van der Waals surface area contributed by atoms with Gasteiger partial charge in [0.2, 0.25) is 11.8 Å². The van der Waals surface area contributed by atoms with Gasteiger partial charge in [-0.1, -0.05) is 0 Å². The van der Waals surface area contributed by atoms with Crippen molar-refractivity contribution in [2.24, 2.45) is 11.7 Å². The molecule has 30 heavy (non-hydrogen) atoms. The highest BCUT2D eigenvalue weighted by Gasteiger charge is 2.59. The molecule has 3 atom stereocenters. The molecule has 3 rings (SSSR count). The Morgan fingerprint density at radius 1 is 1.27 bits per heavy atom. The maximum atomic E-state index is 12.0. The number of nitrogens with two attached hydrogens (primary N) is 1. The van der Waals surface area contributed by atoms with Crippen LogP contribution in [0.4, 0.5) is 18.0 Å². The van der Waals surface area contributed by atoms with Crippen LogP contribution in [0.1, 0.15) is 6.42 Å². The van der Waals surface area contributed by atoms with E-state index in [9.17, 15) is 37.5 Å². The molecule has 0 radical (unpaired) electrons. The third-order valence-electron chi connectivity index (χ3n) is 4.54. The van der Waals surface area contributed by atoms with Gasteiger partial charge in [0.25, 0.3) is 0 Å². The molecule has 0 aromatic carbocycles. The van der Waals surface area contributed by atoms with E-state index in [-0.39, 0.29) is 42.8 Å². The molecule has 166 valence electrons. The summed E-state index contributed by atoms with van der Waals surface area (Å²) >= 11 is 0. The van der Waals surface area contributed by atoms with Gasteiger partial charge in [-0.2, -0.15) is 13.2 Å². The van der Waals surface area contributed by atoms with Gasteiger partial charge >= 0.3 is 24.2 Å². The van der Waals surface area contributed by atoms with Crippen LogP contribution in [0.2, 0.25) is 0 Å². The van der Waals surface area contributed by atoms with Crippen LogP contribution in [0.5, 0.6) is 0 Å². The van der Waals surface area contributed by atoms with Gasteiger partial charge in [0.1, 0.15) is 18.3 Å². The number of alkyl carbamates (subject to hydrolysis) is 1. The van der Waals surface area contributed by atoms with Crippen LogP contribution in [0.25, 0.3) is 0 Å². The Hall–Kier alpha value is -3.36. The lowest BCUT2D eigenvalue weighted by Gasteiger charge is -2.48. The van der Waals surface area contributed by atoms with Gasteiger partial charge in [-0.3, -0.25) is 14.5 Å². The fraction of sp³-hybridized carbons (Fsp3) is 0.533. The van der Waals surface area contributed by atoms with E-state index in [2.05, 4.69) is 10.6 Å². The maximum absolute atomic E-state index is 12.0. The van der Waals surface area contributed by atoms with Crippen molar-refractivity contribution in [2.75, 3.05) is 19.7 Å². The summed E-state index contributed by atoms with van der Waals surface area (Å²) in [4.78, 5) is 55.7. The molecule has 0 unspecified atom stereocenters. The number of carbonyl (C=O) groups excluding carboxylic acids is 3. The second kappa shape index (κ2) is 8.56. The number of carbonyl (C=O) groups is 5. The zero-order valence-electron chi connectivity index (χ0n) is 15.1. The van der Waals surface area contributed by atoms with E-state index in [1.54, 1.807) is 0 Å². The monoisotopic (exact) mass is 438 g/mol. The number of ether oxygens (including phenoxy) is 1. The number of amides is 3. The minimum absolute atomic E-state index is 0.105. The molecular weight excluding hydrogens is 421 g/mol. The normalized spacial score (nSPS) is 24.2. The quantitative estimate of drug-likeness (QED) is 0.314. The molecule has 6 N–H and O–H groups in total. The molecule has 3 aliphatic heterocycles. The van der Waals surface area contributed by atoms with Gasteiger partial charge in [-0.25, -0.2) is 14.4 Å². The third kappa shape index (κ3) is 4.79. The molecule has 3 heterocycles. The van der Waals surface area contributed by atoms with Crippen molar-refractivity contribution < 1.29 is 52.1 Å². The molecule has 12 nitrogen and oxygen atoms in total. The van der Waals surface area contributed by atoms with Crippen molar-refractivity contribution in [3.63, 3.8) is 0 Å². The second-order valence-corrected chi connectivity index (χ2v) is 6.51. The highest BCUT2D eigenvalue weighted by molar-refractivity contribution is 6.00. The fourth-order valence-electron chi connectivity index (χ4n) is 3.38. The number of carboxylic acids is 2. The summed E-state index contributed by atoms with van der Waals surface area (Å²) < 4.78 is 36.7. The van der Waals surface area contributed by atoms with Crippen molar-refractivity contribution in [1.82, 2.24) is 15.5 Å². The van der Waals surface area contributed by atoms with Crippen molar-refractivity contribution >= 4 is 29.8 Å². The number of hydrogen-bond acceptors (Lipinski definition) is 7. The van der Waals surface area contributed by atoms with E-state index in [4.69, 9.17) is 20.4 Å². The van der Waals surface area contributed by atoms with Gasteiger partial charge in [-0.05, 0) is 17.9 Å².